The van der Waals surface area contributed by atoms with E-state index >= 15 is 0 Å². The second kappa shape index (κ2) is 5.39. The van der Waals surface area contributed by atoms with Crippen LogP contribution in [0, 0.1) is 0 Å². The van der Waals surface area contributed by atoms with Gasteiger partial charge in [0.25, 0.3) is 5.91 Å². The first-order chi connectivity index (χ1) is 10.7. The summed E-state index contributed by atoms with van der Waals surface area (Å²) in [6.45, 7) is 2.99. The molecule has 1 aromatic carbocycles. The summed E-state index contributed by atoms with van der Waals surface area (Å²) in [5, 5.41) is 0. The number of carbonyl (C=O) groups excluding carboxylic acids is 2. The van der Waals surface area contributed by atoms with Gasteiger partial charge in [-0.2, -0.15) is 0 Å². The molecule has 1 aromatic rings. The number of piperidine rings is 1. The zero-order valence-electron chi connectivity index (χ0n) is 12.7. The molecule has 3 aliphatic heterocycles. The normalized spacial score (nSPS) is 25.4. The molecule has 5 heteroatoms. The van der Waals surface area contributed by atoms with Gasteiger partial charge < -0.3 is 4.90 Å². The molecule has 4 rings (SSSR count). The molecule has 0 aliphatic carbocycles. The molecule has 0 radical (unpaired) electrons. The Bertz CT molecular complexity index is 567. The SMILES string of the molecule is O=C1[C@H]2Cc3ccccc3CN2C(=O)N1CN1CCCCC1. The first-order valence-electron chi connectivity index (χ1n) is 8.15. The van der Waals surface area contributed by atoms with Crippen molar-refractivity contribution in [3.05, 3.63) is 35.4 Å². The Morgan fingerprint density at radius 3 is 2.50 bits per heavy atom. The number of hydrogen-bond acceptors (Lipinski definition) is 3. The number of fused-ring (bicyclic) bond motifs is 2. The Morgan fingerprint density at radius 1 is 1.00 bits per heavy atom. The van der Waals surface area contributed by atoms with Crippen LogP contribution in [0.25, 0.3) is 0 Å². The van der Waals surface area contributed by atoms with Gasteiger partial charge in [-0.25, -0.2) is 9.69 Å². The van der Waals surface area contributed by atoms with E-state index in [2.05, 4.69) is 17.0 Å². The maximum absolute atomic E-state index is 12.7. The Morgan fingerprint density at radius 2 is 1.73 bits per heavy atom. The average molecular weight is 299 g/mol. The van der Waals surface area contributed by atoms with Gasteiger partial charge in [0.1, 0.15) is 6.04 Å². The third kappa shape index (κ3) is 2.20. The minimum Gasteiger partial charge on any atom is -0.308 e. The maximum atomic E-state index is 12.7. The van der Waals surface area contributed by atoms with E-state index in [0.717, 1.165) is 25.9 Å². The van der Waals surface area contributed by atoms with E-state index in [1.54, 1.807) is 4.90 Å². The van der Waals surface area contributed by atoms with Crippen LogP contribution in [0.4, 0.5) is 4.79 Å². The van der Waals surface area contributed by atoms with Crippen LogP contribution in [-0.2, 0) is 17.8 Å². The summed E-state index contributed by atoms with van der Waals surface area (Å²) < 4.78 is 0. The minimum atomic E-state index is -0.299. The molecular formula is C17H21N3O2. The quantitative estimate of drug-likeness (QED) is 0.782. The van der Waals surface area contributed by atoms with Crippen molar-refractivity contribution in [2.24, 2.45) is 0 Å². The molecule has 0 saturated carbocycles. The summed E-state index contributed by atoms with van der Waals surface area (Å²) in [6.07, 6.45) is 4.23. The fourth-order valence-electron chi connectivity index (χ4n) is 3.80. The van der Waals surface area contributed by atoms with Crippen molar-refractivity contribution < 1.29 is 9.59 Å². The smallest absolute Gasteiger partial charge is 0.308 e. The predicted octanol–water partition coefficient (Wildman–Crippen LogP) is 1.82. The number of likely N-dealkylation sites (tertiary alicyclic amines) is 1. The molecular weight excluding hydrogens is 278 g/mol. The Labute approximate surface area is 130 Å². The summed E-state index contributed by atoms with van der Waals surface area (Å²) >= 11 is 0. The lowest BCUT2D eigenvalue weighted by Gasteiger charge is -2.30. The van der Waals surface area contributed by atoms with E-state index in [0.29, 0.717) is 19.6 Å². The molecule has 3 amide bonds. The van der Waals surface area contributed by atoms with Gasteiger partial charge in [-0.3, -0.25) is 9.69 Å². The van der Waals surface area contributed by atoms with E-state index in [-0.39, 0.29) is 18.0 Å². The Kier molecular flexibility index (Phi) is 3.37. The van der Waals surface area contributed by atoms with Gasteiger partial charge in [0, 0.05) is 13.0 Å². The highest BCUT2D eigenvalue weighted by molar-refractivity contribution is 6.04. The molecule has 3 heterocycles. The average Bonchev–Trinajstić information content (AvgIpc) is 2.79. The first-order valence-corrected chi connectivity index (χ1v) is 8.15. The maximum Gasteiger partial charge on any atom is 0.328 e. The van der Waals surface area contributed by atoms with Crippen molar-refractivity contribution in [3.8, 4) is 0 Å². The molecule has 0 aromatic heterocycles. The van der Waals surface area contributed by atoms with E-state index in [9.17, 15) is 9.59 Å². The summed E-state index contributed by atoms with van der Waals surface area (Å²) in [5.74, 6) is -0.0231. The largest absolute Gasteiger partial charge is 0.328 e. The summed E-state index contributed by atoms with van der Waals surface area (Å²) in [4.78, 5) is 30.7. The predicted molar refractivity (Wildman–Crippen MR) is 82.0 cm³/mol. The summed E-state index contributed by atoms with van der Waals surface area (Å²) in [7, 11) is 0. The third-order valence-corrected chi connectivity index (χ3v) is 5.07. The van der Waals surface area contributed by atoms with Gasteiger partial charge in [0.05, 0.1) is 6.67 Å². The summed E-state index contributed by atoms with van der Waals surface area (Å²) in [5.41, 5.74) is 2.37. The van der Waals surface area contributed by atoms with Crippen molar-refractivity contribution in [1.82, 2.24) is 14.7 Å². The fraction of sp³-hybridized carbons (Fsp3) is 0.529. The van der Waals surface area contributed by atoms with Gasteiger partial charge >= 0.3 is 6.03 Å². The zero-order valence-corrected chi connectivity index (χ0v) is 12.7. The molecule has 0 N–H and O–H groups in total. The van der Waals surface area contributed by atoms with Crippen molar-refractivity contribution in [3.63, 3.8) is 0 Å². The highest BCUT2D eigenvalue weighted by atomic mass is 16.2. The lowest BCUT2D eigenvalue weighted by Crippen LogP contribution is -2.44. The molecule has 0 spiro atoms. The molecule has 5 nitrogen and oxygen atoms in total. The monoisotopic (exact) mass is 299 g/mol. The number of nitrogens with zero attached hydrogens (tertiary/aromatic N) is 3. The van der Waals surface area contributed by atoms with E-state index in [4.69, 9.17) is 0 Å². The molecule has 116 valence electrons. The van der Waals surface area contributed by atoms with Crippen molar-refractivity contribution in [2.75, 3.05) is 19.8 Å². The molecule has 22 heavy (non-hydrogen) atoms. The van der Waals surface area contributed by atoms with Crippen molar-refractivity contribution >= 4 is 11.9 Å². The Hall–Kier alpha value is -1.88. The van der Waals surface area contributed by atoms with Gasteiger partial charge in [0.2, 0.25) is 0 Å². The van der Waals surface area contributed by atoms with Crippen LogP contribution in [0.3, 0.4) is 0 Å². The van der Waals surface area contributed by atoms with Crippen LogP contribution in [0.1, 0.15) is 30.4 Å². The Balaban J connectivity index is 1.53. The van der Waals surface area contributed by atoms with Crippen molar-refractivity contribution in [1.29, 1.82) is 0 Å². The molecule has 0 unspecified atom stereocenters. The molecule has 0 bridgehead atoms. The lowest BCUT2D eigenvalue weighted by molar-refractivity contribution is -0.130. The standard InChI is InChI=1S/C17H21N3O2/c21-16-15-10-13-6-2-3-7-14(13)11-19(15)17(22)20(16)12-18-8-4-1-5-9-18/h2-3,6-7,15H,1,4-5,8-12H2/t15-/m1/s1. The van der Waals surface area contributed by atoms with Crippen molar-refractivity contribution in [2.45, 2.75) is 38.3 Å². The van der Waals surface area contributed by atoms with Crippen LogP contribution >= 0.6 is 0 Å². The van der Waals surface area contributed by atoms with Crippen LogP contribution in [0.2, 0.25) is 0 Å². The molecule has 2 fully saturated rings. The summed E-state index contributed by atoms with van der Waals surface area (Å²) in [6, 6.07) is 7.70. The second-order valence-corrected chi connectivity index (χ2v) is 6.49. The topological polar surface area (TPSA) is 43.9 Å². The number of imide groups is 1. The van der Waals surface area contributed by atoms with Gasteiger partial charge in [-0.15, -0.1) is 0 Å². The first kappa shape index (κ1) is 13.8. The van der Waals surface area contributed by atoms with E-state index in [1.165, 1.54) is 22.4 Å². The van der Waals surface area contributed by atoms with E-state index < -0.39 is 0 Å². The number of carbonyl (C=O) groups is 2. The fourth-order valence-corrected chi connectivity index (χ4v) is 3.80. The number of rotatable bonds is 2. The molecule has 1 atom stereocenters. The lowest BCUT2D eigenvalue weighted by atomic mass is 9.95. The zero-order chi connectivity index (χ0) is 15.1. The number of urea groups is 1. The number of amides is 3. The second-order valence-electron chi connectivity index (χ2n) is 6.49. The van der Waals surface area contributed by atoms with Crippen LogP contribution in [-0.4, -0.2) is 52.4 Å². The number of hydrogen-bond donors (Lipinski definition) is 0. The highest BCUT2D eigenvalue weighted by Gasteiger charge is 2.47. The van der Waals surface area contributed by atoms with Gasteiger partial charge in [-0.1, -0.05) is 30.7 Å². The van der Waals surface area contributed by atoms with E-state index in [1.807, 2.05) is 12.1 Å². The minimum absolute atomic E-state index is 0.0231. The highest BCUT2D eigenvalue weighted by Crippen LogP contribution is 2.30. The van der Waals surface area contributed by atoms with Crippen LogP contribution in [0.5, 0.6) is 0 Å². The van der Waals surface area contributed by atoms with Gasteiger partial charge in [-0.05, 0) is 37.1 Å². The van der Waals surface area contributed by atoms with Gasteiger partial charge in [0.15, 0.2) is 0 Å². The van der Waals surface area contributed by atoms with Crippen LogP contribution < -0.4 is 0 Å². The third-order valence-electron chi connectivity index (χ3n) is 5.07. The molecule has 2 saturated heterocycles. The number of benzene rings is 1. The van der Waals surface area contributed by atoms with Crippen LogP contribution in [0.15, 0.2) is 24.3 Å². The molecule has 3 aliphatic rings.